The van der Waals surface area contributed by atoms with Crippen molar-refractivity contribution in [2.45, 2.75) is 20.3 Å². The van der Waals surface area contributed by atoms with E-state index in [0.29, 0.717) is 13.0 Å². The van der Waals surface area contributed by atoms with Gasteiger partial charge in [-0.2, -0.15) is 0 Å². The van der Waals surface area contributed by atoms with Gasteiger partial charge in [0.25, 0.3) is 0 Å². The monoisotopic (exact) mass is 204 g/mol. The summed E-state index contributed by atoms with van der Waals surface area (Å²) in [7, 11) is 0. The summed E-state index contributed by atoms with van der Waals surface area (Å²) in [5, 5.41) is 0. The topological polar surface area (TPSA) is 26.3 Å². The lowest BCUT2D eigenvalue weighted by Gasteiger charge is -1.99. The van der Waals surface area contributed by atoms with E-state index in [2.05, 4.69) is 0 Å². The minimum absolute atomic E-state index is 0.178. The Morgan fingerprint density at radius 3 is 2.80 bits per heavy atom. The molecule has 1 aromatic carbocycles. The summed E-state index contributed by atoms with van der Waals surface area (Å²) in [5.41, 5.74) is 2.35. The van der Waals surface area contributed by atoms with E-state index in [0.717, 1.165) is 5.56 Å². The maximum atomic E-state index is 11.0. The molecule has 0 bridgehead atoms. The van der Waals surface area contributed by atoms with E-state index in [1.807, 2.05) is 50.3 Å². The standard InChI is InChI=1S/C13H16O2/c1-3-15-13(14)10-6-9-12-8-5-4-7-11(12)2/h4-9H,3,10H2,1-2H3/b9-6+. The zero-order chi connectivity index (χ0) is 11.1. The molecule has 0 unspecified atom stereocenters. The van der Waals surface area contributed by atoms with Crippen LogP contribution in [0.15, 0.2) is 30.3 Å². The highest BCUT2D eigenvalue weighted by molar-refractivity contribution is 5.72. The van der Waals surface area contributed by atoms with Gasteiger partial charge < -0.3 is 4.74 Å². The van der Waals surface area contributed by atoms with Crippen molar-refractivity contribution >= 4 is 12.0 Å². The van der Waals surface area contributed by atoms with E-state index in [-0.39, 0.29) is 5.97 Å². The molecule has 1 rings (SSSR count). The highest BCUT2D eigenvalue weighted by Crippen LogP contribution is 2.09. The minimum atomic E-state index is -0.178. The second kappa shape index (κ2) is 6.02. The van der Waals surface area contributed by atoms with Gasteiger partial charge in [0.2, 0.25) is 0 Å². The van der Waals surface area contributed by atoms with E-state index in [4.69, 9.17) is 4.74 Å². The van der Waals surface area contributed by atoms with Crippen LogP contribution in [0.4, 0.5) is 0 Å². The van der Waals surface area contributed by atoms with E-state index in [1.54, 1.807) is 0 Å². The molecule has 0 fully saturated rings. The molecule has 0 radical (unpaired) electrons. The van der Waals surface area contributed by atoms with Gasteiger partial charge in [0.1, 0.15) is 0 Å². The van der Waals surface area contributed by atoms with Gasteiger partial charge in [-0.3, -0.25) is 4.79 Å². The number of hydrogen-bond donors (Lipinski definition) is 0. The number of hydrogen-bond acceptors (Lipinski definition) is 2. The van der Waals surface area contributed by atoms with Crippen molar-refractivity contribution in [1.29, 1.82) is 0 Å². The van der Waals surface area contributed by atoms with Gasteiger partial charge in [-0.15, -0.1) is 0 Å². The zero-order valence-corrected chi connectivity index (χ0v) is 9.19. The first kappa shape index (κ1) is 11.5. The Hall–Kier alpha value is -1.57. The lowest BCUT2D eigenvalue weighted by atomic mass is 10.1. The van der Waals surface area contributed by atoms with Crippen LogP contribution in [-0.4, -0.2) is 12.6 Å². The molecule has 2 nitrogen and oxygen atoms in total. The van der Waals surface area contributed by atoms with E-state index < -0.39 is 0 Å². The molecule has 0 saturated carbocycles. The van der Waals surface area contributed by atoms with Crippen LogP contribution in [0.1, 0.15) is 24.5 Å². The van der Waals surface area contributed by atoms with Crippen LogP contribution in [0.5, 0.6) is 0 Å². The summed E-state index contributed by atoms with van der Waals surface area (Å²) < 4.78 is 4.82. The normalized spacial score (nSPS) is 10.5. The van der Waals surface area contributed by atoms with Crippen molar-refractivity contribution in [2.24, 2.45) is 0 Å². The average Bonchev–Trinajstić information content (AvgIpc) is 2.21. The second-order valence-corrected chi connectivity index (χ2v) is 3.27. The fourth-order valence-corrected chi connectivity index (χ4v) is 1.28. The third kappa shape index (κ3) is 3.98. The molecule has 0 atom stereocenters. The number of carbonyl (C=O) groups is 1. The highest BCUT2D eigenvalue weighted by Gasteiger charge is 1.96. The molecule has 80 valence electrons. The molecule has 2 heteroatoms. The largest absolute Gasteiger partial charge is 0.466 e. The molecular weight excluding hydrogens is 188 g/mol. The van der Waals surface area contributed by atoms with E-state index >= 15 is 0 Å². The number of esters is 1. The van der Waals surface area contributed by atoms with Gasteiger partial charge in [-0.1, -0.05) is 36.4 Å². The first-order valence-electron chi connectivity index (χ1n) is 5.12. The minimum Gasteiger partial charge on any atom is -0.466 e. The molecule has 0 amide bonds. The zero-order valence-electron chi connectivity index (χ0n) is 9.19. The number of aryl methyl sites for hydroxylation is 1. The second-order valence-electron chi connectivity index (χ2n) is 3.27. The lowest BCUT2D eigenvalue weighted by molar-refractivity contribution is -0.142. The van der Waals surface area contributed by atoms with Crippen LogP contribution in [0.3, 0.4) is 0 Å². The van der Waals surface area contributed by atoms with Crippen LogP contribution in [0, 0.1) is 6.92 Å². The highest BCUT2D eigenvalue weighted by atomic mass is 16.5. The molecular formula is C13H16O2. The summed E-state index contributed by atoms with van der Waals surface area (Å²) in [6.07, 6.45) is 4.12. The Labute approximate surface area is 90.6 Å². The van der Waals surface area contributed by atoms with Crippen molar-refractivity contribution < 1.29 is 9.53 Å². The maximum Gasteiger partial charge on any atom is 0.309 e. The van der Waals surface area contributed by atoms with Crippen molar-refractivity contribution in [2.75, 3.05) is 6.61 Å². The van der Waals surface area contributed by atoms with Crippen LogP contribution in [0.25, 0.3) is 6.08 Å². The third-order valence-electron chi connectivity index (χ3n) is 2.08. The fraction of sp³-hybridized carbons (Fsp3) is 0.308. The quantitative estimate of drug-likeness (QED) is 0.705. The molecule has 0 N–H and O–H groups in total. The summed E-state index contributed by atoms with van der Waals surface area (Å²) in [5.74, 6) is -0.178. The van der Waals surface area contributed by atoms with Crippen molar-refractivity contribution in [1.82, 2.24) is 0 Å². The Morgan fingerprint density at radius 1 is 1.40 bits per heavy atom. The van der Waals surface area contributed by atoms with Crippen LogP contribution >= 0.6 is 0 Å². The Balaban J connectivity index is 2.52. The molecule has 0 aliphatic carbocycles. The molecule has 15 heavy (non-hydrogen) atoms. The number of rotatable bonds is 4. The predicted octanol–water partition coefficient (Wildman–Crippen LogP) is 2.96. The summed E-state index contributed by atoms with van der Waals surface area (Å²) in [6, 6.07) is 8.05. The Kier molecular flexibility index (Phi) is 4.61. The first-order chi connectivity index (χ1) is 7.24. The van der Waals surface area contributed by atoms with Gasteiger partial charge in [0.15, 0.2) is 0 Å². The van der Waals surface area contributed by atoms with Crippen molar-refractivity contribution in [3.63, 3.8) is 0 Å². The van der Waals surface area contributed by atoms with Crippen LogP contribution in [0.2, 0.25) is 0 Å². The number of ether oxygens (including phenoxy) is 1. The summed E-state index contributed by atoms with van der Waals surface area (Å²) in [4.78, 5) is 11.0. The van der Waals surface area contributed by atoms with E-state index in [1.165, 1.54) is 5.56 Å². The Bertz CT molecular complexity index is 353. The molecule has 0 heterocycles. The Morgan fingerprint density at radius 2 is 2.13 bits per heavy atom. The van der Waals surface area contributed by atoms with Crippen molar-refractivity contribution in [3.05, 3.63) is 41.5 Å². The van der Waals surface area contributed by atoms with Gasteiger partial charge in [0, 0.05) is 0 Å². The van der Waals surface area contributed by atoms with Gasteiger partial charge in [-0.25, -0.2) is 0 Å². The third-order valence-corrected chi connectivity index (χ3v) is 2.08. The maximum absolute atomic E-state index is 11.0. The summed E-state index contributed by atoms with van der Waals surface area (Å²) in [6.45, 7) is 4.30. The molecule has 0 aliphatic heterocycles. The molecule has 0 saturated heterocycles. The van der Waals surface area contributed by atoms with Gasteiger partial charge >= 0.3 is 5.97 Å². The summed E-state index contributed by atoms with van der Waals surface area (Å²) >= 11 is 0. The van der Waals surface area contributed by atoms with Crippen LogP contribution in [-0.2, 0) is 9.53 Å². The number of carbonyl (C=O) groups excluding carboxylic acids is 1. The number of benzene rings is 1. The first-order valence-corrected chi connectivity index (χ1v) is 5.12. The fourth-order valence-electron chi connectivity index (χ4n) is 1.28. The molecule has 0 aromatic heterocycles. The predicted molar refractivity (Wildman–Crippen MR) is 61.5 cm³/mol. The van der Waals surface area contributed by atoms with E-state index in [9.17, 15) is 4.79 Å². The molecule has 1 aromatic rings. The SMILES string of the molecule is CCOC(=O)C/C=C/c1ccccc1C. The van der Waals surface area contributed by atoms with Crippen LogP contribution < -0.4 is 0 Å². The molecule has 0 aliphatic rings. The smallest absolute Gasteiger partial charge is 0.309 e. The lowest BCUT2D eigenvalue weighted by Crippen LogP contribution is -2.01. The molecule has 0 spiro atoms. The average molecular weight is 204 g/mol. The van der Waals surface area contributed by atoms with Gasteiger partial charge in [-0.05, 0) is 25.0 Å². The van der Waals surface area contributed by atoms with Gasteiger partial charge in [0.05, 0.1) is 13.0 Å². The van der Waals surface area contributed by atoms with Crippen molar-refractivity contribution in [3.8, 4) is 0 Å².